The molecule has 118 valence electrons. The lowest BCUT2D eigenvalue weighted by Crippen LogP contribution is -2.50. The van der Waals surface area contributed by atoms with E-state index in [-0.39, 0.29) is 17.9 Å². The Morgan fingerprint density at radius 2 is 1.90 bits per heavy atom. The molecule has 3 aliphatic rings. The third-order valence-electron chi connectivity index (χ3n) is 5.07. The second-order valence-corrected chi connectivity index (χ2v) is 8.02. The number of thioether (sulfide) groups is 1. The van der Waals surface area contributed by atoms with Crippen LogP contribution in [0.5, 0.6) is 0 Å². The first-order valence-electron chi connectivity index (χ1n) is 8.44. The van der Waals surface area contributed by atoms with Crippen molar-refractivity contribution in [2.24, 2.45) is 5.92 Å². The van der Waals surface area contributed by atoms with Gasteiger partial charge in [-0.1, -0.05) is 19.3 Å². The molecule has 0 aromatic heterocycles. The molecule has 21 heavy (non-hydrogen) atoms. The molecule has 0 bridgehead atoms. The first-order valence-corrected chi connectivity index (χ1v) is 9.48. The van der Waals surface area contributed by atoms with Gasteiger partial charge in [-0.15, -0.1) is 0 Å². The summed E-state index contributed by atoms with van der Waals surface area (Å²) in [6.45, 7) is 1.44. The molecule has 0 radical (unpaired) electrons. The Balaban J connectivity index is 1.68. The van der Waals surface area contributed by atoms with Gasteiger partial charge in [0, 0.05) is 24.8 Å². The largest absolute Gasteiger partial charge is 0.344 e. The van der Waals surface area contributed by atoms with Crippen LogP contribution < -0.4 is 5.32 Å². The summed E-state index contributed by atoms with van der Waals surface area (Å²) in [6, 6.07) is -0.258. The number of amides is 2. The van der Waals surface area contributed by atoms with Gasteiger partial charge in [-0.3, -0.25) is 9.59 Å². The fraction of sp³-hybridized carbons (Fsp3) is 0.875. The highest BCUT2D eigenvalue weighted by molar-refractivity contribution is 8.00. The maximum absolute atomic E-state index is 12.9. The second-order valence-electron chi connectivity index (χ2n) is 6.61. The molecule has 2 unspecified atom stereocenters. The van der Waals surface area contributed by atoms with E-state index in [2.05, 4.69) is 5.32 Å². The third kappa shape index (κ3) is 3.74. The van der Waals surface area contributed by atoms with Crippen LogP contribution in [0.2, 0.25) is 0 Å². The molecule has 0 spiro atoms. The lowest BCUT2D eigenvalue weighted by atomic mass is 9.83. The summed E-state index contributed by atoms with van der Waals surface area (Å²) in [6.07, 6.45) is 8.78. The standard InChI is InChI=1S/C16H26N2O2S/c19-14-8-9-18(11-13-7-4-10-21-13)16(20)15(17-14)12-5-2-1-3-6-12/h12-13,15H,1-11H2,(H,17,19). The highest BCUT2D eigenvalue weighted by Crippen LogP contribution is 2.30. The number of hydrogen-bond acceptors (Lipinski definition) is 3. The maximum atomic E-state index is 12.9. The van der Waals surface area contributed by atoms with Crippen molar-refractivity contribution in [2.45, 2.75) is 62.7 Å². The minimum Gasteiger partial charge on any atom is -0.344 e. The van der Waals surface area contributed by atoms with Gasteiger partial charge in [0.15, 0.2) is 0 Å². The van der Waals surface area contributed by atoms with Gasteiger partial charge >= 0.3 is 0 Å². The summed E-state index contributed by atoms with van der Waals surface area (Å²) in [5.74, 6) is 1.81. The van der Waals surface area contributed by atoms with Gasteiger partial charge in [0.1, 0.15) is 6.04 Å². The van der Waals surface area contributed by atoms with Crippen molar-refractivity contribution in [1.29, 1.82) is 0 Å². The van der Waals surface area contributed by atoms with Crippen molar-refractivity contribution in [3.8, 4) is 0 Å². The summed E-state index contributed by atoms with van der Waals surface area (Å²) >= 11 is 1.98. The quantitative estimate of drug-likeness (QED) is 0.869. The monoisotopic (exact) mass is 310 g/mol. The fourth-order valence-electron chi connectivity index (χ4n) is 3.85. The minimum atomic E-state index is -0.258. The Bertz CT molecular complexity index is 390. The van der Waals surface area contributed by atoms with Crippen LogP contribution in [0, 0.1) is 5.92 Å². The molecule has 4 nitrogen and oxygen atoms in total. The highest BCUT2D eigenvalue weighted by Gasteiger charge is 2.36. The van der Waals surface area contributed by atoms with Crippen LogP contribution in [0.15, 0.2) is 0 Å². The molecular formula is C16H26N2O2S. The number of carbonyl (C=O) groups is 2. The molecule has 0 aromatic carbocycles. The number of nitrogens with zero attached hydrogens (tertiary/aromatic N) is 1. The van der Waals surface area contributed by atoms with Crippen molar-refractivity contribution in [3.05, 3.63) is 0 Å². The summed E-state index contributed by atoms with van der Waals surface area (Å²) in [4.78, 5) is 26.8. The van der Waals surface area contributed by atoms with Crippen molar-refractivity contribution in [2.75, 3.05) is 18.8 Å². The van der Waals surface area contributed by atoms with Crippen LogP contribution in [0.1, 0.15) is 51.4 Å². The van der Waals surface area contributed by atoms with Crippen LogP contribution in [0.3, 0.4) is 0 Å². The average Bonchev–Trinajstić information content (AvgIpc) is 2.97. The Kier molecular flexibility index (Phi) is 5.09. The van der Waals surface area contributed by atoms with E-state index in [0.717, 1.165) is 19.4 Å². The Morgan fingerprint density at radius 3 is 2.62 bits per heavy atom. The highest BCUT2D eigenvalue weighted by atomic mass is 32.2. The zero-order valence-electron chi connectivity index (χ0n) is 12.7. The molecular weight excluding hydrogens is 284 g/mol. The molecule has 2 aliphatic heterocycles. The van der Waals surface area contributed by atoms with Gasteiger partial charge in [-0.05, 0) is 37.4 Å². The summed E-state index contributed by atoms with van der Waals surface area (Å²) in [5.41, 5.74) is 0. The van der Waals surface area contributed by atoms with Crippen molar-refractivity contribution >= 4 is 23.6 Å². The molecule has 0 aromatic rings. The summed E-state index contributed by atoms with van der Waals surface area (Å²) in [5, 5.41) is 3.59. The first-order chi connectivity index (χ1) is 10.2. The molecule has 3 fully saturated rings. The van der Waals surface area contributed by atoms with Crippen LogP contribution in [0.4, 0.5) is 0 Å². The van der Waals surface area contributed by atoms with E-state index in [1.54, 1.807) is 0 Å². The Labute approximate surface area is 131 Å². The normalized spacial score (nSPS) is 32.1. The predicted octanol–water partition coefficient (Wildman–Crippen LogP) is 2.18. The fourth-order valence-corrected chi connectivity index (χ4v) is 5.14. The van der Waals surface area contributed by atoms with Crippen LogP contribution in [-0.2, 0) is 9.59 Å². The van der Waals surface area contributed by atoms with Crippen LogP contribution >= 0.6 is 11.8 Å². The molecule has 1 saturated carbocycles. The van der Waals surface area contributed by atoms with E-state index in [9.17, 15) is 9.59 Å². The Hall–Kier alpha value is -0.710. The number of hydrogen-bond donors (Lipinski definition) is 1. The van der Waals surface area contributed by atoms with Gasteiger partial charge in [0.05, 0.1) is 0 Å². The second kappa shape index (κ2) is 7.03. The number of carbonyl (C=O) groups excluding carboxylic acids is 2. The molecule has 2 atom stereocenters. The van der Waals surface area contributed by atoms with E-state index in [0.29, 0.717) is 24.1 Å². The molecule has 1 aliphatic carbocycles. The van der Waals surface area contributed by atoms with E-state index < -0.39 is 0 Å². The number of rotatable bonds is 3. The van der Waals surface area contributed by atoms with Gasteiger partial charge in [-0.2, -0.15) is 11.8 Å². The minimum absolute atomic E-state index is 0.0560. The molecule has 3 rings (SSSR count). The van der Waals surface area contributed by atoms with Crippen molar-refractivity contribution in [3.63, 3.8) is 0 Å². The van der Waals surface area contributed by atoms with Gasteiger partial charge in [-0.25, -0.2) is 0 Å². The van der Waals surface area contributed by atoms with Gasteiger partial charge in [0.2, 0.25) is 11.8 Å². The number of nitrogens with one attached hydrogen (secondary N) is 1. The van der Waals surface area contributed by atoms with E-state index in [1.165, 1.54) is 37.9 Å². The summed E-state index contributed by atoms with van der Waals surface area (Å²) in [7, 11) is 0. The zero-order chi connectivity index (χ0) is 14.7. The molecule has 5 heteroatoms. The van der Waals surface area contributed by atoms with Gasteiger partial charge < -0.3 is 10.2 Å². The maximum Gasteiger partial charge on any atom is 0.245 e. The molecule has 2 saturated heterocycles. The van der Waals surface area contributed by atoms with Gasteiger partial charge in [0.25, 0.3) is 0 Å². The SMILES string of the molecule is O=C1CCN(CC2CCCS2)C(=O)C(C2CCCCC2)N1. The molecule has 1 N–H and O–H groups in total. The van der Waals surface area contributed by atoms with E-state index in [4.69, 9.17) is 0 Å². The lowest BCUT2D eigenvalue weighted by molar-refractivity contribution is -0.135. The van der Waals surface area contributed by atoms with E-state index >= 15 is 0 Å². The van der Waals surface area contributed by atoms with E-state index in [1.807, 2.05) is 16.7 Å². The third-order valence-corrected chi connectivity index (χ3v) is 6.45. The average molecular weight is 310 g/mol. The smallest absolute Gasteiger partial charge is 0.245 e. The first kappa shape index (κ1) is 15.2. The topological polar surface area (TPSA) is 49.4 Å². The predicted molar refractivity (Wildman–Crippen MR) is 85.2 cm³/mol. The van der Waals surface area contributed by atoms with Crippen molar-refractivity contribution < 1.29 is 9.59 Å². The zero-order valence-corrected chi connectivity index (χ0v) is 13.5. The van der Waals surface area contributed by atoms with Crippen LogP contribution in [0.25, 0.3) is 0 Å². The Morgan fingerprint density at radius 1 is 1.10 bits per heavy atom. The molecule has 2 heterocycles. The van der Waals surface area contributed by atoms with Crippen LogP contribution in [-0.4, -0.2) is 46.8 Å². The summed E-state index contributed by atoms with van der Waals surface area (Å²) < 4.78 is 0. The van der Waals surface area contributed by atoms with Crippen molar-refractivity contribution in [1.82, 2.24) is 10.2 Å². The molecule has 2 amide bonds. The lowest BCUT2D eigenvalue weighted by Gasteiger charge is -2.32.